The molecule has 2 aromatic rings. The van der Waals surface area contributed by atoms with Crippen LogP contribution in [0.2, 0.25) is 0 Å². The van der Waals surface area contributed by atoms with Gasteiger partial charge in [-0.15, -0.1) is 0 Å². The van der Waals surface area contributed by atoms with E-state index in [1.807, 2.05) is 54.6 Å². The van der Waals surface area contributed by atoms with Crippen molar-refractivity contribution >= 4 is 11.7 Å². The minimum atomic E-state index is -0.674. The summed E-state index contributed by atoms with van der Waals surface area (Å²) in [5.74, 6) is -0.890. The minimum Gasteiger partial charge on any atom is -0.463 e. The molecule has 2 aromatic carbocycles. The van der Waals surface area contributed by atoms with Crippen molar-refractivity contribution in [1.82, 2.24) is 0 Å². The van der Waals surface area contributed by atoms with E-state index in [0.29, 0.717) is 11.3 Å². The zero-order valence-corrected chi connectivity index (χ0v) is 17.7. The van der Waals surface area contributed by atoms with E-state index in [2.05, 4.69) is 26.8 Å². The summed E-state index contributed by atoms with van der Waals surface area (Å²) in [5.41, 5.74) is 9.21. The fraction of sp³-hybridized carbons (Fsp3) is 0.280. The Hall–Kier alpha value is -3.52. The summed E-state index contributed by atoms with van der Waals surface area (Å²) in [6.07, 6.45) is 0. The number of ether oxygens (including phenoxy) is 2. The third-order valence-electron chi connectivity index (χ3n) is 5.06. The third-order valence-corrected chi connectivity index (χ3v) is 5.06. The van der Waals surface area contributed by atoms with Crippen LogP contribution in [0.25, 0.3) is 5.76 Å². The van der Waals surface area contributed by atoms with Crippen LogP contribution in [0.15, 0.2) is 71.6 Å². The summed E-state index contributed by atoms with van der Waals surface area (Å²) in [4.78, 5) is 13.0. The van der Waals surface area contributed by atoms with Crippen LogP contribution in [-0.4, -0.2) is 12.6 Å². The van der Waals surface area contributed by atoms with Crippen molar-refractivity contribution in [3.05, 3.63) is 88.3 Å². The molecule has 3 rings (SSSR count). The number of nitrogens with zero attached hydrogens (tertiary/aromatic N) is 1. The van der Waals surface area contributed by atoms with E-state index >= 15 is 0 Å². The number of hydrogen-bond acceptors (Lipinski definition) is 5. The van der Waals surface area contributed by atoms with Crippen LogP contribution in [0.3, 0.4) is 0 Å². The van der Waals surface area contributed by atoms with Gasteiger partial charge in [-0.1, -0.05) is 75.4 Å². The number of nitrogens with two attached hydrogens (primary N) is 1. The first-order valence-electron chi connectivity index (χ1n) is 9.92. The highest BCUT2D eigenvalue weighted by Crippen LogP contribution is 2.43. The topological polar surface area (TPSA) is 85.3 Å². The largest absolute Gasteiger partial charge is 0.463 e. The van der Waals surface area contributed by atoms with Gasteiger partial charge >= 0.3 is 5.97 Å². The van der Waals surface area contributed by atoms with E-state index in [4.69, 9.17) is 15.2 Å². The second-order valence-electron chi connectivity index (χ2n) is 8.13. The summed E-state index contributed by atoms with van der Waals surface area (Å²) < 4.78 is 11.1. The van der Waals surface area contributed by atoms with Gasteiger partial charge in [0.05, 0.1) is 18.1 Å². The SMILES string of the molecule is CCOC(=O)C1=C(c2ccccc2)OC(N)=C(C#N)[C@H]1c1ccc(C(C)(C)C)cc1. The molecule has 154 valence electrons. The van der Waals surface area contributed by atoms with Crippen molar-refractivity contribution in [3.8, 4) is 6.07 Å². The highest BCUT2D eigenvalue weighted by molar-refractivity contribution is 5.99. The predicted octanol–water partition coefficient (Wildman–Crippen LogP) is 4.77. The summed E-state index contributed by atoms with van der Waals surface area (Å²) in [5, 5.41) is 9.82. The number of benzene rings is 2. The van der Waals surface area contributed by atoms with Gasteiger partial charge in [0.2, 0.25) is 5.88 Å². The lowest BCUT2D eigenvalue weighted by Crippen LogP contribution is -2.26. The Morgan fingerprint density at radius 1 is 1.13 bits per heavy atom. The molecule has 1 atom stereocenters. The molecule has 0 spiro atoms. The first kappa shape index (κ1) is 21.2. The number of esters is 1. The van der Waals surface area contributed by atoms with Crippen molar-refractivity contribution in [2.45, 2.75) is 39.0 Å². The molecule has 1 heterocycles. The smallest absolute Gasteiger partial charge is 0.338 e. The fourth-order valence-corrected chi connectivity index (χ4v) is 3.49. The van der Waals surface area contributed by atoms with E-state index in [9.17, 15) is 10.1 Å². The number of allylic oxidation sites excluding steroid dienone is 1. The van der Waals surface area contributed by atoms with Gasteiger partial charge in [0.25, 0.3) is 0 Å². The summed E-state index contributed by atoms with van der Waals surface area (Å²) >= 11 is 0. The van der Waals surface area contributed by atoms with Crippen molar-refractivity contribution in [2.75, 3.05) is 6.61 Å². The fourth-order valence-electron chi connectivity index (χ4n) is 3.49. The van der Waals surface area contributed by atoms with E-state index < -0.39 is 11.9 Å². The summed E-state index contributed by atoms with van der Waals surface area (Å²) in [6, 6.07) is 19.3. The normalized spacial score (nSPS) is 16.7. The maximum Gasteiger partial charge on any atom is 0.338 e. The molecule has 0 unspecified atom stereocenters. The molecule has 0 fully saturated rings. The number of rotatable bonds is 4. The zero-order chi connectivity index (χ0) is 21.9. The molecule has 0 saturated heterocycles. The van der Waals surface area contributed by atoms with Gasteiger partial charge in [-0.2, -0.15) is 5.26 Å². The number of hydrogen-bond donors (Lipinski definition) is 1. The maximum atomic E-state index is 13.0. The van der Waals surface area contributed by atoms with Crippen LogP contribution >= 0.6 is 0 Å². The quantitative estimate of drug-likeness (QED) is 0.745. The molecular weight excluding hydrogens is 376 g/mol. The van der Waals surface area contributed by atoms with Crippen LogP contribution in [0.1, 0.15) is 50.3 Å². The average molecular weight is 402 g/mol. The zero-order valence-electron chi connectivity index (χ0n) is 17.7. The second-order valence-corrected chi connectivity index (χ2v) is 8.13. The van der Waals surface area contributed by atoms with Crippen LogP contribution < -0.4 is 5.73 Å². The van der Waals surface area contributed by atoms with Crippen LogP contribution in [0.4, 0.5) is 0 Å². The monoisotopic (exact) mass is 402 g/mol. The number of carbonyl (C=O) groups excluding carboxylic acids is 1. The molecule has 0 radical (unpaired) electrons. The van der Waals surface area contributed by atoms with Crippen LogP contribution in [0.5, 0.6) is 0 Å². The van der Waals surface area contributed by atoms with Crippen molar-refractivity contribution in [3.63, 3.8) is 0 Å². The minimum absolute atomic E-state index is 0.00528. The Bertz CT molecular complexity index is 1040. The molecule has 0 aromatic heterocycles. The van der Waals surface area contributed by atoms with Gasteiger partial charge in [-0.05, 0) is 23.5 Å². The molecule has 1 aliphatic rings. The highest BCUT2D eigenvalue weighted by Gasteiger charge is 2.38. The molecule has 2 N–H and O–H groups in total. The molecule has 0 bridgehead atoms. The molecule has 0 aliphatic carbocycles. The van der Waals surface area contributed by atoms with Crippen LogP contribution in [-0.2, 0) is 19.7 Å². The lowest BCUT2D eigenvalue weighted by molar-refractivity contribution is -0.138. The molecule has 0 amide bonds. The molecule has 5 heteroatoms. The van der Waals surface area contributed by atoms with Gasteiger partial charge in [-0.3, -0.25) is 0 Å². The maximum absolute atomic E-state index is 13.0. The van der Waals surface area contributed by atoms with E-state index in [1.54, 1.807) is 6.92 Å². The first-order chi connectivity index (χ1) is 14.3. The van der Waals surface area contributed by atoms with Crippen LogP contribution in [0, 0.1) is 11.3 Å². The van der Waals surface area contributed by atoms with Gasteiger partial charge < -0.3 is 15.2 Å². The average Bonchev–Trinajstić information content (AvgIpc) is 2.73. The molecule has 30 heavy (non-hydrogen) atoms. The number of nitriles is 1. The van der Waals surface area contributed by atoms with Gasteiger partial charge in [-0.25, -0.2) is 4.79 Å². The number of carbonyl (C=O) groups is 1. The van der Waals surface area contributed by atoms with Crippen molar-refractivity contribution < 1.29 is 14.3 Å². The lowest BCUT2D eigenvalue weighted by Gasteiger charge is -2.29. The van der Waals surface area contributed by atoms with E-state index in [1.165, 1.54) is 0 Å². The molecule has 1 aliphatic heterocycles. The van der Waals surface area contributed by atoms with Gasteiger partial charge in [0, 0.05) is 5.56 Å². The Balaban J connectivity index is 2.23. The van der Waals surface area contributed by atoms with Gasteiger partial charge in [0.1, 0.15) is 17.4 Å². The Morgan fingerprint density at radius 2 is 1.77 bits per heavy atom. The molecule has 5 nitrogen and oxygen atoms in total. The third kappa shape index (κ3) is 4.08. The van der Waals surface area contributed by atoms with E-state index in [0.717, 1.165) is 11.1 Å². The van der Waals surface area contributed by atoms with E-state index in [-0.39, 0.29) is 29.1 Å². The Kier molecular flexibility index (Phi) is 5.98. The van der Waals surface area contributed by atoms with Gasteiger partial charge in [0.15, 0.2) is 0 Å². The lowest BCUT2D eigenvalue weighted by atomic mass is 9.80. The highest BCUT2D eigenvalue weighted by atomic mass is 16.5. The standard InChI is InChI=1S/C25H26N2O3/c1-5-29-24(28)21-20(16-11-13-18(14-12-16)25(2,3)4)19(15-26)23(27)30-22(21)17-9-7-6-8-10-17/h6-14,20H,5,27H2,1-4H3/t20-/m1/s1. The summed E-state index contributed by atoms with van der Waals surface area (Å²) in [7, 11) is 0. The Morgan fingerprint density at radius 3 is 2.30 bits per heavy atom. The Labute approximate surface area is 177 Å². The molecular formula is C25H26N2O3. The first-order valence-corrected chi connectivity index (χ1v) is 9.92. The predicted molar refractivity (Wildman–Crippen MR) is 116 cm³/mol. The second kappa shape index (κ2) is 8.46. The van der Waals surface area contributed by atoms with Crippen molar-refractivity contribution in [1.29, 1.82) is 5.26 Å². The van der Waals surface area contributed by atoms with Crippen molar-refractivity contribution in [2.24, 2.45) is 5.73 Å². The molecule has 0 saturated carbocycles. The summed E-state index contributed by atoms with van der Waals surface area (Å²) in [6.45, 7) is 8.35.